The molecule has 5 rings (SSSR count). The fourth-order valence-electron chi connectivity index (χ4n) is 4.30. The number of benzene rings is 4. The molecular weight excluding hydrogens is 466 g/mol. The first-order chi connectivity index (χ1) is 17.3. The Kier molecular flexibility index (Phi) is 6.37. The lowest BCUT2D eigenvalue weighted by atomic mass is 10.0. The van der Waals surface area contributed by atoms with Crippen molar-refractivity contribution in [2.45, 2.75) is 38.1 Å². The number of nitrogens with zero attached hydrogens (tertiary/aromatic N) is 2. The Morgan fingerprint density at radius 3 is 2.31 bits per heavy atom. The summed E-state index contributed by atoms with van der Waals surface area (Å²) in [4.78, 5) is 5.14. The summed E-state index contributed by atoms with van der Waals surface area (Å²) in [6.45, 7) is 6.90. The first kappa shape index (κ1) is 23.8. The van der Waals surface area contributed by atoms with Gasteiger partial charge in [0.2, 0.25) is 0 Å². The number of nitrogens with one attached hydrogen (secondary N) is 1. The van der Waals surface area contributed by atoms with Crippen molar-refractivity contribution in [2.75, 3.05) is 4.72 Å². The van der Waals surface area contributed by atoms with Gasteiger partial charge in [-0.25, -0.2) is 13.4 Å². The molecular formula is C30H29N3O2S. The van der Waals surface area contributed by atoms with Crippen LogP contribution in [0.5, 0.6) is 0 Å². The Labute approximate surface area is 212 Å². The van der Waals surface area contributed by atoms with E-state index in [0.717, 1.165) is 28.0 Å². The van der Waals surface area contributed by atoms with Crippen molar-refractivity contribution in [1.82, 2.24) is 9.55 Å². The Balaban J connectivity index is 1.50. The highest BCUT2D eigenvalue weighted by molar-refractivity contribution is 7.92. The normalized spacial score (nSPS) is 11.8. The van der Waals surface area contributed by atoms with Gasteiger partial charge in [0, 0.05) is 17.8 Å². The summed E-state index contributed by atoms with van der Waals surface area (Å²) in [6, 6.07) is 31.0. The van der Waals surface area contributed by atoms with Crippen molar-refractivity contribution in [3.05, 3.63) is 114 Å². The predicted octanol–water partition coefficient (Wildman–Crippen LogP) is 6.98. The van der Waals surface area contributed by atoms with Crippen molar-refractivity contribution >= 4 is 26.7 Å². The number of para-hydroxylation sites is 2. The molecule has 0 fully saturated rings. The molecule has 0 amide bonds. The third kappa shape index (κ3) is 4.90. The number of rotatable bonds is 7. The zero-order valence-corrected chi connectivity index (χ0v) is 21.5. The number of sulfonamides is 1. The maximum absolute atomic E-state index is 13.1. The molecule has 0 aliphatic carbocycles. The van der Waals surface area contributed by atoms with Crippen LogP contribution in [-0.4, -0.2) is 18.0 Å². The van der Waals surface area contributed by atoms with Crippen LogP contribution in [0.2, 0.25) is 0 Å². The second-order valence-electron chi connectivity index (χ2n) is 9.41. The van der Waals surface area contributed by atoms with Gasteiger partial charge in [0.1, 0.15) is 5.82 Å². The zero-order valence-electron chi connectivity index (χ0n) is 20.6. The van der Waals surface area contributed by atoms with E-state index >= 15 is 0 Å². The van der Waals surface area contributed by atoms with E-state index in [2.05, 4.69) is 60.4 Å². The van der Waals surface area contributed by atoms with E-state index in [0.29, 0.717) is 18.2 Å². The quantitative estimate of drug-likeness (QED) is 0.265. The minimum Gasteiger partial charge on any atom is -0.319 e. The smallest absolute Gasteiger partial charge is 0.261 e. The van der Waals surface area contributed by atoms with E-state index in [4.69, 9.17) is 4.98 Å². The zero-order chi connectivity index (χ0) is 25.3. The molecule has 0 saturated carbocycles. The van der Waals surface area contributed by atoms with Crippen LogP contribution in [0.1, 0.15) is 36.5 Å². The summed E-state index contributed by atoms with van der Waals surface area (Å²) in [5, 5.41) is 0. The van der Waals surface area contributed by atoms with Crippen molar-refractivity contribution in [1.29, 1.82) is 0 Å². The van der Waals surface area contributed by atoms with Crippen molar-refractivity contribution < 1.29 is 8.42 Å². The molecule has 1 N–H and O–H groups in total. The highest BCUT2D eigenvalue weighted by atomic mass is 32.2. The van der Waals surface area contributed by atoms with Crippen LogP contribution in [0.4, 0.5) is 5.69 Å². The molecule has 0 atom stereocenters. The summed E-state index contributed by atoms with van der Waals surface area (Å²) in [5.74, 6) is 1.13. The Morgan fingerprint density at radius 1 is 0.861 bits per heavy atom. The van der Waals surface area contributed by atoms with Crippen LogP contribution in [0, 0.1) is 6.92 Å². The molecule has 0 spiro atoms. The van der Waals surface area contributed by atoms with Crippen LogP contribution in [0.25, 0.3) is 22.4 Å². The van der Waals surface area contributed by atoms with Crippen LogP contribution >= 0.6 is 0 Å². The molecule has 36 heavy (non-hydrogen) atoms. The molecule has 1 aromatic heterocycles. The lowest BCUT2D eigenvalue weighted by Gasteiger charge is -2.13. The summed E-state index contributed by atoms with van der Waals surface area (Å²) in [6.07, 6.45) is 0. The van der Waals surface area contributed by atoms with Gasteiger partial charge in [-0.1, -0.05) is 80.1 Å². The van der Waals surface area contributed by atoms with Gasteiger partial charge in [-0.15, -0.1) is 0 Å². The van der Waals surface area contributed by atoms with E-state index in [9.17, 15) is 8.42 Å². The average Bonchev–Trinajstić information content (AvgIpc) is 3.24. The number of hydrogen-bond donors (Lipinski definition) is 1. The molecule has 182 valence electrons. The van der Waals surface area contributed by atoms with Crippen molar-refractivity contribution in [3.8, 4) is 11.4 Å². The van der Waals surface area contributed by atoms with Crippen molar-refractivity contribution in [3.63, 3.8) is 0 Å². The highest BCUT2D eigenvalue weighted by Gasteiger charge is 2.17. The second kappa shape index (κ2) is 9.63. The van der Waals surface area contributed by atoms with Gasteiger partial charge in [0.15, 0.2) is 0 Å². The highest BCUT2D eigenvalue weighted by Crippen LogP contribution is 2.29. The molecule has 0 radical (unpaired) electrons. The number of fused-ring (bicyclic) bond motifs is 1. The molecule has 0 aliphatic heterocycles. The topological polar surface area (TPSA) is 64.0 Å². The van der Waals surface area contributed by atoms with E-state index in [-0.39, 0.29) is 4.90 Å². The Bertz CT molecular complexity index is 1620. The molecule has 6 heteroatoms. The molecule has 4 aromatic carbocycles. The minimum atomic E-state index is -3.72. The van der Waals surface area contributed by atoms with Gasteiger partial charge in [0.05, 0.1) is 15.9 Å². The summed E-state index contributed by atoms with van der Waals surface area (Å²) in [5.41, 5.74) is 6.76. The Hall–Kier alpha value is -3.90. The second-order valence-corrected chi connectivity index (χ2v) is 11.1. The fourth-order valence-corrected chi connectivity index (χ4v) is 5.35. The van der Waals surface area contributed by atoms with Crippen molar-refractivity contribution in [2.24, 2.45) is 0 Å². The number of hydrogen-bond acceptors (Lipinski definition) is 3. The maximum atomic E-state index is 13.1. The van der Waals surface area contributed by atoms with Gasteiger partial charge in [-0.3, -0.25) is 4.72 Å². The Morgan fingerprint density at radius 2 is 1.58 bits per heavy atom. The molecule has 0 aliphatic rings. The molecule has 0 saturated heterocycles. The van der Waals surface area contributed by atoms with Gasteiger partial charge in [0.25, 0.3) is 10.0 Å². The number of imidazole rings is 1. The third-order valence-electron chi connectivity index (χ3n) is 6.35. The van der Waals surface area contributed by atoms with Crippen LogP contribution < -0.4 is 4.72 Å². The van der Waals surface area contributed by atoms with Gasteiger partial charge >= 0.3 is 0 Å². The minimum absolute atomic E-state index is 0.240. The van der Waals surface area contributed by atoms with E-state index < -0.39 is 10.0 Å². The first-order valence-electron chi connectivity index (χ1n) is 12.0. The molecule has 0 unspecified atom stereocenters. The third-order valence-corrected chi connectivity index (χ3v) is 7.74. The molecule has 5 aromatic rings. The monoisotopic (exact) mass is 495 g/mol. The largest absolute Gasteiger partial charge is 0.319 e. The summed E-state index contributed by atoms with van der Waals surface area (Å²) in [7, 11) is -3.72. The number of aromatic nitrogens is 2. The molecule has 1 heterocycles. The first-order valence-corrected chi connectivity index (χ1v) is 13.5. The fraction of sp³-hybridized carbons (Fsp3) is 0.167. The predicted molar refractivity (Wildman–Crippen MR) is 147 cm³/mol. The van der Waals surface area contributed by atoms with Crippen LogP contribution in [0.15, 0.2) is 102 Å². The van der Waals surface area contributed by atoms with Gasteiger partial charge < -0.3 is 4.57 Å². The molecule has 0 bridgehead atoms. The standard InChI is InChI=1S/C30H29N3O2S/c1-21(2)24-15-17-27(18-16-24)36(34,35)32-26-8-6-7-25(19-26)30-31-28-9-4-5-10-29(28)33(30)20-23-13-11-22(3)12-14-23/h4-19,21,32H,20H2,1-3H3. The average molecular weight is 496 g/mol. The molecule has 5 nitrogen and oxygen atoms in total. The lowest BCUT2D eigenvalue weighted by molar-refractivity contribution is 0.601. The van der Waals surface area contributed by atoms with Gasteiger partial charge in [-0.2, -0.15) is 0 Å². The lowest BCUT2D eigenvalue weighted by Crippen LogP contribution is -2.13. The summed E-state index contributed by atoms with van der Waals surface area (Å²) < 4.78 is 31.1. The van der Waals surface area contributed by atoms with E-state index in [1.54, 1.807) is 18.2 Å². The summed E-state index contributed by atoms with van der Waals surface area (Å²) >= 11 is 0. The number of aryl methyl sites for hydroxylation is 1. The number of anilines is 1. The van der Waals surface area contributed by atoms with Crippen LogP contribution in [-0.2, 0) is 16.6 Å². The van der Waals surface area contributed by atoms with E-state index in [1.807, 2.05) is 48.5 Å². The maximum Gasteiger partial charge on any atom is 0.261 e. The SMILES string of the molecule is Cc1ccc(Cn2c(-c3cccc(NS(=O)(=O)c4ccc(C(C)C)cc4)c3)nc3ccccc32)cc1. The van der Waals surface area contributed by atoms with Gasteiger partial charge in [-0.05, 0) is 60.4 Å². The van der Waals surface area contributed by atoms with Crippen LogP contribution in [0.3, 0.4) is 0 Å². The van der Waals surface area contributed by atoms with E-state index in [1.165, 1.54) is 11.1 Å².